The van der Waals surface area contributed by atoms with Crippen LogP contribution in [0, 0.1) is 11.3 Å². The first-order valence-electron chi connectivity index (χ1n) is 10.6. The van der Waals surface area contributed by atoms with Gasteiger partial charge in [-0.2, -0.15) is 0 Å². The zero-order chi connectivity index (χ0) is 23.1. The summed E-state index contributed by atoms with van der Waals surface area (Å²) in [4.78, 5) is 15.0. The van der Waals surface area contributed by atoms with Crippen LogP contribution in [0.4, 0.5) is 11.4 Å². The fourth-order valence-corrected chi connectivity index (χ4v) is 4.72. The summed E-state index contributed by atoms with van der Waals surface area (Å²) in [7, 11) is -3.89. The number of carbonyl (C=O) groups is 1. The minimum absolute atomic E-state index is 0.0585. The van der Waals surface area contributed by atoms with Crippen LogP contribution in [0.3, 0.4) is 0 Å². The van der Waals surface area contributed by atoms with Gasteiger partial charge in [0, 0.05) is 12.6 Å². The van der Waals surface area contributed by atoms with Gasteiger partial charge in [0.25, 0.3) is 10.0 Å². The Kier molecular flexibility index (Phi) is 5.70. The van der Waals surface area contributed by atoms with E-state index >= 15 is 0 Å². The Hall–Kier alpha value is -2.94. The van der Waals surface area contributed by atoms with E-state index in [1.54, 1.807) is 29.2 Å². The van der Waals surface area contributed by atoms with Gasteiger partial charge < -0.3 is 19.1 Å². The minimum atomic E-state index is -3.89. The highest BCUT2D eigenvalue weighted by atomic mass is 32.2. The fraction of sp³-hybridized carbons (Fsp3) is 0.435. The molecular weight excluding hydrogens is 432 g/mol. The van der Waals surface area contributed by atoms with Crippen molar-refractivity contribution in [2.45, 2.75) is 32.6 Å². The van der Waals surface area contributed by atoms with Crippen LogP contribution in [0.15, 0.2) is 41.3 Å². The van der Waals surface area contributed by atoms with Crippen molar-refractivity contribution in [3.05, 3.63) is 36.4 Å². The number of rotatable bonds is 5. The SMILES string of the molecule is CC(C)CN1C(=O)C(C)(C)COc2ccc(NS(=O)(=O)c3ccc4c(c3)OCCO4)cc21. The van der Waals surface area contributed by atoms with E-state index in [2.05, 4.69) is 4.72 Å². The Morgan fingerprint density at radius 2 is 1.69 bits per heavy atom. The zero-order valence-electron chi connectivity index (χ0n) is 18.7. The second-order valence-corrected chi connectivity index (χ2v) is 10.8. The smallest absolute Gasteiger partial charge is 0.262 e. The van der Waals surface area contributed by atoms with E-state index in [-0.39, 0.29) is 23.3 Å². The molecule has 0 radical (unpaired) electrons. The van der Waals surface area contributed by atoms with Crippen LogP contribution >= 0.6 is 0 Å². The lowest BCUT2D eigenvalue weighted by atomic mass is 9.92. The number of benzene rings is 2. The Bertz CT molecular complexity index is 1140. The molecule has 2 aliphatic heterocycles. The van der Waals surface area contributed by atoms with Crippen LogP contribution in [0.5, 0.6) is 17.2 Å². The lowest BCUT2D eigenvalue weighted by Crippen LogP contribution is -2.43. The average molecular weight is 461 g/mol. The van der Waals surface area contributed by atoms with Crippen LogP contribution in [0.1, 0.15) is 27.7 Å². The number of carbonyl (C=O) groups excluding carboxylic acids is 1. The van der Waals surface area contributed by atoms with Gasteiger partial charge in [-0.05, 0) is 50.1 Å². The van der Waals surface area contributed by atoms with Gasteiger partial charge in [0.05, 0.1) is 21.7 Å². The third-order valence-electron chi connectivity index (χ3n) is 5.29. The number of hydrogen-bond acceptors (Lipinski definition) is 6. The largest absolute Gasteiger partial charge is 0.490 e. The molecule has 2 heterocycles. The molecule has 0 aliphatic carbocycles. The van der Waals surface area contributed by atoms with Crippen LogP contribution in [0.2, 0.25) is 0 Å². The van der Waals surface area contributed by atoms with E-state index in [0.717, 1.165) is 0 Å². The first kappa shape index (κ1) is 22.3. The van der Waals surface area contributed by atoms with E-state index in [4.69, 9.17) is 14.2 Å². The van der Waals surface area contributed by atoms with E-state index in [9.17, 15) is 13.2 Å². The van der Waals surface area contributed by atoms with E-state index in [0.29, 0.717) is 48.4 Å². The molecule has 32 heavy (non-hydrogen) atoms. The summed E-state index contributed by atoms with van der Waals surface area (Å²) in [6, 6.07) is 9.47. The van der Waals surface area contributed by atoms with Gasteiger partial charge in [-0.15, -0.1) is 0 Å². The van der Waals surface area contributed by atoms with Crippen molar-refractivity contribution in [1.29, 1.82) is 0 Å². The van der Waals surface area contributed by atoms with Gasteiger partial charge >= 0.3 is 0 Å². The third-order valence-corrected chi connectivity index (χ3v) is 6.67. The molecule has 0 saturated heterocycles. The quantitative estimate of drug-likeness (QED) is 0.732. The molecule has 0 atom stereocenters. The van der Waals surface area contributed by atoms with Gasteiger partial charge in [-0.3, -0.25) is 9.52 Å². The number of fused-ring (bicyclic) bond motifs is 2. The van der Waals surface area contributed by atoms with E-state index in [1.807, 2.05) is 27.7 Å². The van der Waals surface area contributed by atoms with Crippen molar-refractivity contribution in [1.82, 2.24) is 0 Å². The number of hydrogen-bond donors (Lipinski definition) is 1. The normalized spacial score (nSPS) is 17.4. The average Bonchev–Trinajstić information content (AvgIpc) is 2.83. The zero-order valence-corrected chi connectivity index (χ0v) is 19.5. The monoisotopic (exact) mass is 460 g/mol. The molecule has 1 N–H and O–H groups in total. The molecule has 0 bridgehead atoms. The maximum Gasteiger partial charge on any atom is 0.262 e. The van der Waals surface area contributed by atoms with E-state index in [1.165, 1.54) is 12.1 Å². The molecule has 172 valence electrons. The Balaban J connectivity index is 1.67. The first-order chi connectivity index (χ1) is 15.1. The Morgan fingerprint density at radius 1 is 1.00 bits per heavy atom. The Labute approximate surface area is 188 Å². The molecule has 0 fully saturated rings. The maximum atomic E-state index is 13.2. The van der Waals surface area contributed by atoms with Crippen LogP contribution in [-0.2, 0) is 14.8 Å². The summed E-state index contributed by atoms with van der Waals surface area (Å²) >= 11 is 0. The van der Waals surface area contributed by atoms with Gasteiger partial charge in [-0.25, -0.2) is 8.42 Å². The van der Waals surface area contributed by atoms with Gasteiger partial charge in [0.1, 0.15) is 25.6 Å². The topological polar surface area (TPSA) is 94.2 Å². The molecular formula is C23H28N2O6S. The van der Waals surface area contributed by atoms with E-state index < -0.39 is 15.4 Å². The first-order valence-corrected chi connectivity index (χ1v) is 12.1. The molecule has 1 amide bonds. The highest BCUT2D eigenvalue weighted by Crippen LogP contribution is 2.39. The molecule has 4 rings (SSSR count). The van der Waals surface area contributed by atoms with Crippen molar-refractivity contribution in [3.8, 4) is 17.2 Å². The molecule has 0 aromatic heterocycles. The summed E-state index contributed by atoms with van der Waals surface area (Å²) in [5.41, 5.74) is 0.193. The van der Waals surface area contributed by atoms with Crippen LogP contribution in [0.25, 0.3) is 0 Å². The highest BCUT2D eigenvalue weighted by Gasteiger charge is 2.38. The van der Waals surface area contributed by atoms with Gasteiger partial charge in [-0.1, -0.05) is 13.8 Å². The predicted octanol–water partition coefficient (Wildman–Crippen LogP) is 3.67. The minimum Gasteiger partial charge on any atom is -0.490 e. The fourth-order valence-electron chi connectivity index (χ4n) is 3.66. The Morgan fingerprint density at radius 3 is 2.41 bits per heavy atom. The van der Waals surface area contributed by atoms with Crippen molar-refractivity contribution in [3.63, 3.8) is 0 Å². The number of ether oxygens (including phenoxy) is 3. The summed E-state index contributed by atoms with van der Waals surface area (Å²) in [6.45, 7) is 9.29. The molecule has 9 heteroatoms. The summed E-state index contributed by atoms with van der Waals surface area (Å²) in [6.07, 6.45) is 0. The number of nitrogens with zero attached hydrogens (tertiary/aromatic N) is 1. The van der Waals surface area contributed by atoms with Crippen LogP contribution in [-0.4, -0.2) is 40.7 Å². The highest BCUT2D eigenvalue weighted by molar-refractivity contribution is 7.92. The molecule has 2 aromatic rings. The van der Waals surface area contributed by atoms with Crippen molar-refractivity contribution < 1.29 is 27.4 Å². The van der Waals surface area contributed by atoms with Crippen molar-refractivity contribution >= 4 is 27.3 Å². The molecule has 0 spiro atoms. The van der Waals surface area contributed by atoms with Gasteiger partial charge in [0.15, 0.2) is 11.5 Å². The second kappa shape index (κ2) is 8.20. The summed E-state index contributed by atoms with van der Waals surface area (Å²) < 4.78 is 45.5. The number of amides is 1. The van der Waals surface area contributed by atoms with Crippen LogP contribution < -0.4 is 23.8 Å². The number of nitrogens with one attached hydrogen (secondary N) is 1. The summed E-state index contributed by atoms with van der Waals surface area (Å²) in [5, 5.41) is 0. The van der Waals surface area contributed by atoms with Gasteiger partial charge in [0.2, 0.25) is 5.91 Å². The number of anilines is 2. The number of sulfonamides is 1. The molecule has 2 aromatic carbocycles. The molecule has 8 nitrogen and oxygen atoms in total. The lowest BCUT2D eigenvalue weighted by molar-refractivity contribution is -0.127. The molecule has 2 aliphatic rings. The molecule has 0 unspecified atom stereocenters. The van der Waals surface area contributed by atoms with Crippen molar-refractivity contribution in [2.24, 2.45) is 11.3 Å². The predicted molar refractivity (Wildman–Crippen MR) is 121 cm³/mol. The maximum absolute atomic E-state index is 13.2. The third kappa shape index (κ3) is 4.34. The lowest BCUT2D eigenvalue weighted by Gasteiger charge is -2.29. The second-order valence-electron chi connectivity index (χ2n) is 9.08. The van der Waals surface area contributed by atoms with Crippen molar-refractivity contribution in [2.75, 3.05) is 36.0 Å². The summed E-state index contributed by atoms with van der Waals surface area (Å²) in [5.74, 6) is 1.62. The standard InChI is InChI=1S/C23H28N2O6S/c1-15(2)13-25-18-11-16(5-7-19(18)31-14-23(3,4)22(25)26)24-32(27,28)17-6-8-20-21(12-17)30-10-9-29-20/h5-8,11-12,15,24H,9-10,13-14H2,1-4H3. The molecule has 0 saturated carbocycles.